The number of nitrogens with one attached hydrogen (secondary N) is 1. The fourth-order valence-electron chi connectivity index (χ4n) is 3.10. The number of carbonyl (C=O) groups excluding carboxylic acids is 2. The number of nitrogens with zero attached hydrogens (tertiary/aromatic N) is 3. The van der Waals surface area contributed by atoms with E-state index in [2.05, 4.69) is 15.5 Å². The van der Waals surface area contributed by atoms with Crippen molar-refractivity contribution in [1.29, 1.82) is 0 Å². The van der Waals surface area contributed by atoms with E-state index in [1.165, 1.54) is 11.8 Å². The zero-order valence-electron chi connectivity index (χ0n) is 18.5. The van der Waals surface area contributed by atoms with Gasteiger partial charge in [0.25, 0.3) is 5.91 Å². The number of hydrogen-bond donors (Lipinski definition) is 1. The number of thioether (sulfide) groups is 1. The first-order valence-corrected chi connectivity index (χ1v) is 11.1. The van der Waals surface area contributed by atoms with E-state index in [1.807, 2.05) is 18.4 Å². The number of Topliss-reactive ketones (excluding diaryl/α,β-unsaturated/α-hetero) is 1. The summed E-state index contributed by atoms with van der Waals surface area (Å²) in [4.78, 5) is 25.1. The molecule has 3 aromatic rings. The van der Waals surface area contributed by atoms with Crippen molar-refractivity contribution in [2.45, 2.75) is 31.6 Å². The molecule has 2 aromatic carbocycles. The summed E-state index contributed by atoms with van der Waals surface area (Å²) >= 11 is 1.32. The van der Waals surface area contributed by atoms with Crippen molar-refractivity contribution in [3.8, 4) is 11.5 Å². The van der Waals surface area contributed by atoms with Gasteiger partial charge in [0.15, 0.2) is 16.8 Å². The highest BCUT2D eigenvalue weighted by Gasteiger charge is 2.20. The number of benzene rings is 2. The molecule has 0 aliphatic carbocycles. The van der Waals surface area contributed by atoms with Gasteiger partial charge in [-0.05, 0) is 62.4 Å². The highest BCUT2D eigenvalue weighted by Crippen LogP contribution is 2.22. The molecule has 0 radical (unpaired) electrons. The summed E-state index contributed by atoms with van der Waals surface area (Å²) in [6.45, 7) is 4.44. The van der Waals surface area contributed by atoms with Crippen LogP contribution in [0.3, 0.4) is 0 Å². The van der Waals surface area contributed by atoms with Crippen LogP contribution < -0.4 is 14.8 Å². The Morgan fingerprint density at radius 2 is 1.53 bits per heavy atom. The Kier molecular flexibility index (Phi) is 7.88. The van der Waals surface area contributed by atoms with Gasteiger partial charge in [-0.15, -0.1) is 10.2 Å². The number of amides is 1. The molecule has 1 N–H and O–H groups in total. The number of carbonyl (C=O) groups is 2. The molecule has 8 nitrogen and oxygen atoms in total. The Balaban J connectivity index is 1.65. The third-order valence-corrected chi connectivity index (χ3v) is 5.86. The summed E-state index contributed by atoms with van der Waals surface area (Å²) < 4.78 is 12.2. The van der Waals surface area contributed by atoms with Crippen molar-refractivity contribution in [2.75, 3.05) is 20.0 Å². The molecule has 0 saturated carbocycles. The van der Waals surface area contributed by atoms with Crippen molar-refractivity contribution in [3.63, 3.8) is 0 Å². The fraction of sp³-hybridized carbons (Fsp3) is 0.304. The van der Waals surface area contributed by atoms with Gasteiger partial charge in [-0.3, -0.25) is 9.59 Å². The smallest absolute Gasteiger partial charge is 0.251 e. The minimum atomic E-state index is -0.358. The second-order valence-electron chi connectivity index (χ2n) is 6.95. The molecular weight excluding hydrogens is 428 g/mol. The summed E-state index contributed by atoms with van der Waals surface area (Å²) in [5, 5.41) is 12.1. The van der Waals surface area contributed by atoms with E-state index in [9.17, 15) is 9.59 Å². The number of hydrogen-bond acceptors (Lipinski definition) is 7. The van der Waals surface area contributed by atoms with Gasteiger partial charge in [0.2, 0.25) is 0 Å². The Bertz CT molecular complexity index is 1060. The predicted octanol–water partition coefficient (Wildman–Crippen LogP) is 3.78. The van der Waals surface area contributed by atoms with Crippen molar-refractivity contribution in [2.24, 2.45) is 0 Å². The molecule has 0 bridgehead atoms. The fourth-order valence-corrected chi connectivity index (χ4v) is 4.01. The molecule has 3 rings (SSSR count). The number of ketones is 1. The molecule has 1 aromatic heterocycles. The Labute approximate surface area is 191 Å². The monoisotopic (exact) mass is 454 g/mol. The minimum absolute atomic E-state index is 0.00860. The maximum Gasteiger partial charge on any atom is 0.251 e. The van der Waals surface area contributed by atoms with Gasteiger partial charge in [-0.25, -0.2) is 0 Å². The minimum Gasteiger partial charge on any atom is -0.497 e. The van der Waals surface area contributed by atoms with Crippen LogP contribution in [0.15, 0.2) is 53.7 Å². The lowest BCUT2D eigenvalue weighted by Crippen LogP contribution is -2.28. The van der Waals surface area contributed by atoms with E-state index in [4.69, 9.17) is 9.47 Å². The van der Waals surface area contributed by atoms with Gasteiger partial charge in [0, 0.05) is 17.7 Å². The standard InChI is InChI=1S/C23H26N4O4S/c1-5-27-21(15(2)24-22(29)17-8-12-19(31-4)13-9-17)25-26-23(27)32-14-20(28)16-6-10-18(30-3)11-7-16/h6-13,15H,5,14H2,1-4H3,(H,24,29)/t15-/m0/s1. The summed E-state index contributed by atoms with van der Waals surface area (Å²) in [5.74, 6) is 2.03. The molecule has 1 heterocycles. The first-order valence-electron chi connectivity index (χ1n) is 10.1. The topological polar surface area (TPSA) is 95.3 Å². The van der Waals surface area contributed by atoms with Crippen LogP contribution in [0.1, 0.15) is 46.4 Å². The molecule has 0 fully saturated rings. The highest BCUT2D eigenvalue weighted by atomic mass is 32.2. The maximum absolute atomic E-state index is 12.6. The van der Waals surface area contributed by atoms with E-state index < -0.39 is 0 Å². The SMILES string of the molecule is CCn1c(SCC(=O)c2ccc(OC)cc2)nnc1[C@H](C)NC(=O)c1ccc(OC)cc1. The van der Waals surface area contributed by atoms with Crippen LogP contribution in [-0.2, 0) is 6.54 Å². The first-order chi connectivity index (χ1) is 15.5. The lowest BCUT2D eigenvalue weighted by Gasteiger charge is -2.15. The maximum atomic E-state index is 12.6. The van der Waals surface area contributed by atoms with Crippen LogP contribution in [0.5, 0.6) is 11.5 Å². The van der Waals surface area contributed by atoms with Crippen LogP contribution >= 0.6 is 11.8 Å². The van der Waals surface area contributed by atoms with Crippen molar-refractivity contribution >= 4 is 23.5 Å². The molecule has 9 heteroatoms. The Hall–Kier alpha value is -3.33. The van der Waals surface area contributed by atoms with Gasteiger partial charge in [-0.1, -0.05) is 11.8 Å². The molecule has 1 amide bonds. The average Bonchev–Trinajstić information content (AvgIpc) is 3.25. The van der Waals surface area contributed by atoms with Crippen molar-refractivity contribution in [1.82, 2.24) is 20.1 Å². The third-order valence-electron chi connectivity index (χ3n) is 4.89. The number of rotatable bonds is 10. The number of methoxy groups -OCH3 is 2. The summed E-state index contributed by atoms with van der Waals surface area (Å²) in [6, 6.07) is 13.5. The zero-order chi connectivity index (χ0) is 23.1. The largest absolute Gasteiger partial charge is 0.497 e. The summed E-state index contributed by atoms with van der Waals surface area (Å²) in [7, 11) is 3.16. The van der Waals surface area contributed by atoms with Gasteiger partial charge in [0.05, 0.1) is 26.0 Å². The first kappa shape index (κ1) is 23.3. The van der Waals surface area contributed by atoms with Crippen LogP contribution in [0.25, 0.3) is 0 Å². The molecule has 0 spiro atoms. The molecule has 1 atom stereocenters. The molecule has 0 aliphatic heterocycles. The van der Waals surface area contributed by atoms with Gasteiger partial charge < -0.3 is 19.4 Å². The van der Waals surface area contributed by atoms with E-state index in [1.54, 1.807) is 62.8 Å². The van der Waals surface area contributed by atoms with Crippen molar-refractivity contribution in [3.05, 3.63) is 65.5 Å². The molecule has 32 heavy (non-hydrogen) atoms. The molecule has 0 unspecified atom stereocenters. The van der Waals surface area contributed by atoms with Gasteiger partial charge in [0.1, 0.15) is 11.5 Å². The van der Waals surface area contributed by atoms with Gasteiger partial charge >= 0.3 is 0 Å². The van der Waals surface area contributed by atoms with E-state index >= 15 is 0 Å². The average molecular weight is 455 g/mol. The Morgan fingerprint density at radius 1 is 0.969 bits per heavy atom. The normalized spacial score (nSPS) is 11.6. The second kappa shape index (κ2) is 10.8. The molecule has 168 valence electrons. The summed E-state index contributed by atoms with van der Waals surface area (Å²) in [5.41, 5.74) is 1.14. The van der Waals surface area contributed by atoms with E-state index in [0.29, 0.717) is 40.2 Å². The molecule has 0 saturated heterocycles. The lowest BCUT2D eigenvalue weighted by atomic mass is 10.1. The molecular formula is C23H26N4O4S. The Morgan fingerprint density at radius 3 is 2.06 bits per heavy atom. The van der Waals surface area contributed by atoms with Crippen LogP contribution in [0, 0.1) is 0 Å². The molecule has 0 aliphatic rings. The van der Waals surface area contributed by atoms with Crippen LogP contribution in [0.4, 0.5) is 0 Å². The summed E-state index contributed by atoms with van der Waals surface area (Å²) in [6.07, 6.45) is 0. The van der Waals surface area contributed by atoms with E-state index in [0.717, 1.165) is 0 Å². The van der Waals surface area contributed by atoms with Crippen molar-refractivity contribution < 1.29 is 19.1 Å². The van der Waals surface area contributed by atoms with Gasteiger partial charge in [-0.2, -0.15) is 0 Å². The number of ether oxygens (including phenoxy) is 2. The zero-order valence-corrected chi connectivity index (χ0v) is 19.3. The second-order valence-corrected chi connectivity index (χ2v) is 7.89. The lowest BCUT2D eigenvalue weighted by molar-refractivity contribution is 0.0936. The predicted molar refractivity (Wildman–Crippen MR) is 123 cm³/mol. The quantitative estimate of drug-likeness (QED) is 0.368. The third kappa shape index (κ3) is 5.47. The van der Waals surface area contributed by atoms with Crippen LogP contribution in [-0.4, -0.2) is 46.4 Å². The highest BCUT2D eigenvalue weighted by molar-refractivity contribution is 7.99. The number of aromatic nitrogens is 3. The van der Waals surface area contributed by atoms with E-state index in [-0.39, 0.29) is 23.5 Å². The van der Waals surface area contributed by atoms with Crippen LogP contribution in [0.2, 0.25) is 0 Å².